The molecule has 4 rings (SSSR count). The zero-order valence-electron chi connectivity index (χ0n) is 16.2. The van der Waals surface area contributed by atoms with Crippen LogP contribution in [0.3, 0.4) is 0 Å². The molecule has 1 aliphatic rings. The third kappa shape index (κ3) is 3.75. The van der Waals surface area contributed by atoms with Gasteiger partial charge in [0.15, 0.2) is 11.0 Å². The fraction of sp³-hybridized carbons (Fsp3) is 0.474. The first-order valence-corrected chi connectivity index (χ1v) is 10.8. The Labute approximate surface area is 173 Å². The molecule has 1 aromatic carbocycles. The highest BCUT2D eigenvalue weighted by Gasteiger charge is 2.26. The smallest absolute Gasteiger partial charge is 0.239 e. The molecule has 1 atom stereocenters. The van der Waals surface area contributed by atoms with Crippen LogP contribution in [0.4, 0.5) is 5.95 Å². The molecule has 3 heterocycles. The maximum Gasteiger partial charge on any atom is 0.239 e. The highest BCUT2D eigenvalue weighted by Crippen LogP contribution is 2.38. The number of anilines is 1. The van der Waals surface area contributed by atoms with Gasteiger partial charge in [0.25, 0.3) is 0 Å². The van der Waals surface area contributed by atoms with Crippen LogP contribution in [0, 0.1) is 0 Å². The lowest BCUT2D eigenvalue weighted by atomic mass is 10.2. The fourth-order valence-corrected chi connectivity index (χ4v) is 4.27. The van der Waals surface area contributed by atoms with Crippen molar-refractivity contribution in [2.75, 3.05) is 18.0 Å². The minimum absolute atomic E-state index is 0.0585. The lowest BCUT2D eigenvalue weighted by Crippen LogP contribution is -2.22. The van der Waals surface area contributed by atoms with E-state index in [1.807, 2.05) is 49.6 Å². The molecule has 0 bridgehead atoms. The molecule has 0 N–H and O–H groups in total. The number of halogens is 1. The molecule has 1 aliphatic heterocycles. The van der Waals surface area contributed by atoms with Crippen LogP contribution in [0.1, 0.15) is 56.5 Å². The summed E-state index contributed by atoms with van der Waals surface area (Å²) in [4.78, 5) is 6.78. The number of hydrogen-bond acceptors (Lipinski definition) is 7. The molecule has 0 radical (unpaired) electrons. The van der Waals surface area contributed by atoms with Gasteiger partial charge in [0.05, 0.1) is 16.0 Å². The van der Waals surface area contributed by atoms with Crippen LogP contribution in [0.15, 0.2) is 33.9 Å². The average Bonchev–Trinajstić information content (AvgIpc) is 3.42. The molecule has 2 aromatic heterocycles. The van der Waals surface area contributed by atoms with E-state index in [0.29, 0.717) is 16.7 Å². The van der Waals surface area contributed by atoms with Gasteiger partial charge >= 0.3 is 0 Å². The summed E-state index contributed by atoms with van der Waals surface area (Å²) in [6.07, 6.45) is 2.32. The van der Waals surface area contributed by atoms with Crippen molar-refractivity contribution in [3.63, 3.8) is 0 Å². The summed E-state index contributed by atoms with van der Waals surface area (Å²) in [5.41, 5.74) is 0.874. The van der Waals surface area contributed by atoms with Crippen LogP contribution in [-0.4, -0.2) is 38.0 Å². The Bertz CT molecular complexity index is 950. The number of benzene rings is 1. The topological polar surface area (TPSA) is 72.9 Å². The van der Waals surface area contributed by atoms with Gasteiger partial charge in [-0.25, -0.2) is 0 Å². The maximum absolute atomic E-state index is 6.51. The number of rotatable bonds is 6. The summed E-state index contributed by atoms with van der Waals surface area (Å²) in [5.74, 6) is 2.36. The van der Waals surface area contributed by atoms with Crippen molar-refractivity contribution in [1.29, 1.82) is 0 Å². The van der Waals surface area contributed by atoms with Gasteiger partial charge in [-0.05, 0) is 31.9 Å². The van der Waals surface area contributed by atoms with Crippen LogP contribution in [-0.2, 0) is 0 Å². The van der Waals surface area contributed by atoms with Gasteiger partial charge in [0.2, 0.25) is 11.8 Å². The van der Waals surface area contributed by atoms with Gasteiger partial charge in [0.1, 0.15) is 0 Å². The molecule has 0 spiro atoms. The molecule has 0 saturated carbocycles. The van der Waals surface area contributed by atoms with Crippen molar-refractivity contribution in [1.82, 2.24) is 24.9 Å². The molecular weight excluding hydrogens is 396 g/mol. The number of aromatic nitrogens is 5. The molecule has 28 heavy (non-hydrogen) atoms. The third-order valence-corrected chi connectivity index (χ3v) is 6.05. The van der Waals surface area contributed by atoms with Crippen molar-refractivity contribution in [2.45, 2.75) is 49.9 Å². The Hall–Kier alpha value is -2.06. The molecule has 1 fully saturated rings. The third-order valence-electron chi connectivity index (χ3n) is 4.70. The summed E-state index contributed by atoms with van der Waals surface area (Å²) < 4.78 is 7.50. The van der Waals surface area contributed by atoms with Gasteiger partial charge in [-0.1, -0.05) is 54.5 Å². The number of nitrogens with zero attached hydrogens (tertiary/aromatic N) is 6. The van der Waals surface area contributed by atoms with Gasteiger partial charge in [-0.15, -0.1) is 10.2 Å². The molecule has 0 aliphatic carbocycles. The Kier molecular flexibility index (Phi) is 5.59. The van der Waals surface area contributed by atoms with Crippen molar-refractivity contribution in [3.8, 4) is 5.69 Å². The Balaban J connectivity index is 1.69. The van der Waals surface area contributed by atoms with Gasteiger partial charge in [0, 0.05) is 19.0 Å². The van der Waals surface area contributed by atoms with E-state index in [0.717, 1.165) is 42.7 Å². The summed E-state index contributed by atoms with van der Waals surface area (Å²) >= 11 is 8.05. The molecule has 7 nitrogen and oxygen atoms in total. The lowest BCUT2D eigenvalue weighted by Gasteiger charge is -2.19. The molecular formula is C19H23ClN6OS. The van der Waals surface area contributed by atoms with E-state index in [2.05, 4.69) is 25.2 Å². The molecule has 0 amide bonds. The fourth-order valence-electron chi connectivity index (χ4n) is 3.16. The SMILES string of the molecule is CC(C)c1noc([C@@H](C)Sc2nnc(N3CCCC3)n2-c2ccccc2Cl)n1. The van der Waals surface area contributed by atoms with Crippen molar-refractivity contribution in [2.24, 2.45) is 0 Å². The number of hydrogen-bond donors (Lipinski definition) is 0. The largest absolute Gasteiger partial charge is 0.341 e. The van der Waals surface area contributed by atoms with E-state index in [-0.39, 0.29) is 11.2 Å². The van der Waals surface area contributed by atoms with E-state index in [1.54, 1.807) is 0 Å². The second kappa shape index (κ2) is 8.13. The van der Waals surface area contributed by atoms with E-state index in [4.69, 9.17) is 16.1 Å². The highest BCUT2D eigenvalue weighted by molar-refractivity contribution is 7.99. The Morgan fingerprint density at radius 1 is 1.11 bits per heavy atom. The predicted molar refractivity (Wildman–Crippen MR) is 110 cm³/mol. The molecule has 3 aromatic rings. The average molecular weight is 419 g/mol. The van der Waals surface area contributed by atoms with Crippen LogP contribution >= 0.6 is 23.4 Å². The number of thioether (sulfide) groups is 1. The van der Waals surface area contributed by atoms with Crippen LogP contribution in [0.25, 0.3) is 5.69 Å². The van der Waals surface area contributed by atoms with Crippen molar-refractivity contribution < 1.29 is 4.52 Å². The molecule has 1 saturated heterocycles. The second-order valence-electron chi connectivity index (χ2n) is 7.17. The number of para-hydroxylation sites is 1. The minimum atomic E-state index is -0.0585. The maximum atomic E-state index is 6.51. The van der Waals surface area contributed by atoms with E-state index < -0.39 is 0 Å². The monoisotopic (exact) mass is 418 g/mol. The standard InChI is InChI=1S/C19H23ClN6OS/c1-12(2)16-21-17(27-24-16)13(3)28-19-23-22-18(25-10-6-7-11-25)26(19)15-9-5-4-8-14(15)20/h4-5,8-9,12-13H,6-7,10-11H2,1-3H3/t13-/m1/s1. The Morgan fingerprint density at radius 3 is 2.54 bits per heavy atom. The summed E-state index contributed by atoms with van der Waals surface area (Å²) in [7, 11) is 0. The normalized spacial score (nSPS) is 15.5. The zero-order chi connectivity index (χ0) is 19.7. The summed E-state index contributed by atoms with van der Waals surface area (Å²) in [6.45, 7) is 8.07. The molecule has 9 heteroatoms. The first kappa shape index (κ1) is 19.3. The highest BCUT2D eigenvalue weighted by atomic mass is 35.5. The first-order valence-electron chi connectivity index (χ1n) is 9.50. The quantitative estimate of drug-likeness (QED) is 0.528. The van der Waals surface area contributed by atoms with E-state index in [1.165, 1.54) is 11.8 Å². The van der Waals surface area contributed by atoms with Crippen LogP contribution < -0.4 is 4.90 Å². The van der Waals surface area contributed by atoms with E-state index in [9.17, 15) is 0 Å². The zero-order valence-corrected chi connectivity index (χ0v) is 17.7. The predicted octanol–water partition coefficient (Wildman–Crippen LogP) is 4.88. The first-order chi connectivity index (χ1) is 13.5. The Morgan fingerprint density at radius 2 is 1.86 bits per heavy atom. The summed E-state index contributed by atoms with van der Waals surface area (Å²) in [5, 5.41) is 14.4. The van der Waals surface area contributed by atoms with Gasteiger partial charge < -0.3 is 9.42 Å². The van der Waals surface area contributed by atoms with Gasteiger partial charge in [-0.2, -0.15) is 4.98 Å². The molecule has 0 unspecified atom stereocenters. The van der Waals surface area contributed by atoms with Crippen LogP contribution in [0.5, 0.6) is 0 Å². The van der Waals surface area contributed by atoms with Gasteiger partial charge in [-0.3, -0.25) is 4.57 Å². The van der Waals surface area contributed by atoms with Crippen LogP contribution in [0.2, 0.25) is 5.02 Å². The minimum Gasteiger partial charge on any atom is -0.341 e. The lowest BCUT2D eigenvalue weighted by molar-refractivity contribution is 0.373. The van der Waals surface area contributed by atoms with Crippen molar-refractivity contribution in [3.05, 3.63) is 41.0 Å². The van der Waals surface area contributed by atoms with Crippen molar-refractivity contribution >= 4 is 29.3 Å². The van der Waals surface area contributed by atoms with E-state index >= 15 is 0 Å². The second-order valence-corrected chi connectivity index (χ2v) is 8.88. The summed E-state index contributed by atoms with van der Waals surface area (Å²) in [6, 6.07) is 7.77. The molecule has 148 valence electrons.